The van der Waals surface area contributed by atoms with Crippen molar-refractivity contribution in [1.29, 1.82) is 0 Å². The quantitative estimate of drug-likeness (QED) is 0.645. The van der Waals surface area contributed by atoms with E-state index in [-0.39, 0.29) is 17.7 Å². The van der Waals surface area contributed by atoms with E-state index >= 15 is 0 Å². The third-order valence-electron chi connectivity index (χ3n) is 5.83. The molecule has 0 aliphatic carbocycles. The van der Waals surface area contributed by atoms with Crippen molar-refractivity contribution < 1.29 is 9.21 Å². The molecule has 8 heteroatoms. The number of carbonyl (C=O) groups excluding carboxylic acids is 1. The number of benzene rings is 1. The molecule has 3 heterocycles. The molecular formula is C22H28N6O2. The highest BCUT2D eigenvalue weighted by molar-refractivity contribution is 5.96. The second kappa shape index (κ2) is 8.02. The zero-order valence-corrected chi connectivity index (χ0v) is 18.2. The summed E-state index contributed by atoms with van der Waals surface area (Å²) in [5.41, 5.74) is 3.23. The van der Waals surface area contributed by atoms with Gasteiger partial charge in [0.1, 0.15) is 0 Å². The van der Waals surface area contributed by atoms with E-state index in [4.69, 9.17) is 4.42 Å². The van der Waals surface area contributed by atoms with Crippen LogP contribution in [-0.2, 0) is 7.05 Å². The molecule has 3 aromatic rings. The minimum absolute atomic E-state index is 0.00130. The minimum atomic E-state index is -0.00130. The molecule has 1 amide bonds. The lowest BCUT2D eigenvalue weighted by Gasteiger charge is -2.19. The summed E-state index contributed by atoms with van der Waals surface area (Å²) in [6, 6.07) is 9.75. The molecule has 2 atom stereocenters. The molecule has 0 bridgehead atoms. The summed E-state index contributed by atoms with van der Waals surface area (Å²) >= 11 is 0. The normalized spacial score (nSPS) is 19.1. The summed E-state index contributed by atoms with van der Waals surface area (Å²) in [5.74, 6) is 1.34. The lowest BCUT2D eigenvalue weighted by molar-refractivity contribution is 0.0782. The van der Waals surface area contributed by atoms with Crippen molar-refractivity contribution in [3.05, 3.63) is 53.2 Å². The van der Waals surface area contributed by atoms with Crippen molar-refractivity contribution in [3.8, 4) is 11.5 Å². The number of nitrogens with zero attached hydrogens (tertiary/aromatic N) is 6. The molecule has 1 saturated heterocycles. The molecule has 1 fully saturated rings. The zero-order chi connectivity index (χ0) is 21.4. The molecule has 30 heavy (non-hydrogen) atoms. The number of amides is 1. The number of carbonyl (C=O) groups is 1. The first-order valence-electron chi connectivity index (χ1n) is 10.2. The molecule has 0 saturated carbocycles. The second-order valence-electron chi connectivity index (χ2n) is 8.32. The van der Waals surface area contributed by atoms with E-state index in [1.54, 1.807) is 4.68 Å². The molecule has 0 N–H and O–H groups in total. The SMILES string of the molecule is Cc1nn(C)c(C)c1C(=O)N1C[C@H](CN(C)C)[C@@H](c2nnc(-c3ccccc3)o2)C1. The zero-order valence-electron chi connectivity index (χ0n) is 18.2. The first kappa shape index (κ1) is 20.3. The molecule has 1 aliphatic rings. The van der Waals surface area contributed by atoms with Crippen LogP contribution in [0.5, 0.6) is 0 Å². The molecular weight excluding hydrogens is 380 g/mol. The first-order chi connectivity index (χ1) is 14.3. The molecule has 2 aromatic heterocycles. The van der Waals surface area contributed by atoms with Gasteiger partial charge in [0.15, 0.2) is 0 Å². The van der Waals surface area contributed by atoms with Gasteiger partial charge in [0.25, 0.3) is 5.91 Å². The maximum Gasteiger partial charge on any atom is 0.257 e. The van der Waals surface area contributed by atoms with E-state index in [1.165, 1.54) is 0 Å². The van der Waals surface area contributed by atoms with Gasteiger partial charge in [-0.2, -0.15) is 5.10 Å². The van der Waals surface area contributed by atoms with Crippen LogP contribution in [0.25, 0.3) is 11.5 Å². The van der Waals surface area contributed by atoms with Gasteiger partial charge >= 0.3 is 0 Å². The van der Waals surface area contributed by atoms with Crippen LogP contribution in [0.1, 0.15) is 33.6 Å². The number of likely N-dealkylation sites (tertiary alicyclic amines) is 1. The Kier molecular flexibility index (Phi) is 5.42. The fourth-order valence-electron chi connectivity index (χ4n) is 4.29. The first-order valence-corrected chi connectivity index (χ1v) is 10.2. The maximum absolute atomic E-state index is 13.3. The number of aromatic nitrogens is 4. The van der Waals surface area contributed by atoms with Crippen molar-refractivity contribution in [2.24, 2.45) is 13.0 Å². The Hall–Kier alpha value is -3.00. The lowest BCUT2D eigenvalue weighted by Crippen LogP contribution is -2.31. The Morgan fingerprint density at radius 2 is 1.90 bits per heavy atom. The summed E-state index contributed by atoms with van der Waals surface area (Å²) < 4.78 is 7.82. The number of hydrogen-bond donors (Lipinski definition) is 0. The molecule has 158 valence electrons. The molecule has 4 rings (SSSR count). The summed E-state index contributed by atoms with van der Waals surface area (Å²) in [7, 11) is 5.95. The number of hydrogen-bond acceptors (Lipinski definition) is 6. The highest BCUT2D eigenvalue weighted by Gasteiger charge is 2.40. The van der Waals surface area contributed by atoms with Gasteiger partial charge < -0.3 is 14.2 Å². The molecule has 1 aliphatic heterocycles. The van der Waals surface area contributed by atoms with E-state index in [0.717, 1.165) is 23.5 Å². The van der Waals surface area contributed by atoms with Crippen LogP contribution in [-0.4, -0.2) is 69.4 Å². The lowest BCUT2D eigenvalue weighted by atomic mass is 9.95. The van der Waals surface area contributed by atoms with Crippen LogP contribution < -0.4 is 0 Å². The third-order valence-corrected chi connectivity index (χ3v) is 5.83. The standard InChI is InChI=1S/C22H28N6O2/c1-14-19(15(2)27(5)25-14)22(29)28-12-17(11-26(3)4)18(13-28)21-24-23-20(30-21)16-9-7-6-8-10-16/h6-10,17-18H,11-13H2,1-5H3/t17-,18-/m0/s1. The Labute approximate surface area is 176 Å². The molecule has 1 aromatic carbocycles. The van der Waals surface area contributed by atoms with E-state index in [2.05, 4.69) is 20.2 Å². The Bertz CT molecular complexity index is 1040. The monoisotopic (exact) mass is 408 g/mol. The highest BCUT2D eigenvalue weighted by atomic mass is 16.4. The number of aryl methyl sites for hydroxylation is 2. The largest absolute Gasteiger partial charge is 0.420 e. The van der Waals surface area contributed by atoms with Crippen LogP contribution in [0.2, 0.25) is 0 Å². The van der Waals surface area contributed by atoms with E-state index in [9.17, 15) is 4.79 Å². The fourth-order valence-corrected chi connectivity index (χ4v) is 4.29. The summed E-state index contributed by atoms with van der Waals surface area (Å²) in [5, 5.41) is 13.0. The highest BCUT2D eigenvalue weighted by Crippen LogP contribution is 2.35. The van der Waals surface area contributed by atoms with E-state index in [1.807, 2.05) is 70.2 Å². The van der Waals surface area contributed by atoms with Gasteiger partial charge in [0.2, 0.25) is 11.8 Å². The average molecular weight is 409 g/mol. The molecule has 0 spiro atoms. The van der Waals surface area contributed by atoms with Gasteiger partial charge in [-0.3, -0.25) is 9.48 Å². The minimum Gasteiger partial charge on any atom is -0.420 e. The fraction of sp³-hybridized carbons (Fsp3) is 0.455. The predicted molar refractivity (Wildman–Crippen MR) is 113 cm³/mol. The Morgan fingerprint density at radius 3 is 2.53 bits per heavy atom. The smallest absolute Gasteiger partial charge is 0.257 e. The molecule has 8 nitrogen and oxygen atoms in total. The number of rotatable bonds is 5. The molecule has 0 unspecified atom stereocenters. The van der Waals surface area contributed by atoms with Crippen LogP contribution in [0.3, 0.4) is 0 Å². The van der Waals surface area contributed by atoms with Gasteiger partial charge in [0, 0.05) is 43.9 Å². The summed E-state index contributed by atoms with van der Waals surface area (Å²) in [4.78, 5) is 17.4. The van der Waals surface area contributed by atoms with E-state index < -0.39 is 0 Å². The predicted octanol–water partition coefficient (Wildman–Crippen LogP) is 2.50. The van der Waals surface area contributed by atoms with Gasteiger partial charge in [-0.25, -0.2) is 0 Å². The van der Waals surface area contributed by atoms with Crippen molar-refractivity contribution in [3.63, 3.8) is 0 Å². The van der Waals surface area contributed by atoms with Gasteiger partial charge in [-0.1, -0.05) is 18.2 Å². The van der Waals surface area contributed by atoms with Crippen molar-refractivity contribution in [1.82, 2.24) is 29.8 Å². The topological polar surface area (TPSA) is 80.3 Å². The summed E-state index contributed by atoms with van der Waals surface area (Å²) in [6.07, 6.45) is 0. The average Bonchev–Trinajstić information content (AvgIpc) is 3.40. The van der Waals surface area contributed by atoms with Crippen molar-refractivity contribution >= 4 is 5.91 Å². The maximum atomic E-state index is 13.3. The third kappa shape index (κ3) is 3.75. The van der Waals surface area contributed by atoms with Crippen LogP contribution in [0.4, 0.5) is 0 Å². The van der Waals surface area contributed by atoms with Gasteiger partial charge in [0.05, 0.1) is 17.2 Å². The van der Waals surface area contributed by atoms with Gasteiger partial charge in [-0.15, -0.1) is 10.2 Å². The van der Waals surface area contributed by atoms with Crippen LogP contribution in [0.15, 0.2) is 34.7 Å². The Morgan fingerprint density at radius 1 is 1.17 bits per heavy atom. The van der Waals surface area contributed by atoms with Crippen molar-refractivity contribution in [2.45, 2.75) is 19.8 Å². The van der Waals surface area contributed by atoms with Crippen LogP contribution >= 0.6 is 0 Å². The van der Waals surface area contributed by atoms with Crippen LogP contribution in [0, 0.1) is 19.8 Å². The van der Waals surface area contributed by atoms with E-state index in [0.29, 0.717) is 30.4 Å². The molecule has 0 radical (unpaired) electrons. The van der Waals surface area contributed by atoms with Crippen molar-refractivity contribution in [2.75, 3.05) is 33.7 Å². The summed E-state index contributed by atoms with van der Waals surface area (Å²) in [6.45, 7) is 5.86. The second-order valence-corrected chi connectivity index (χ2v) is 8.32. The Balaban J connectivity index is 1.61. The van der Waals surface area contributed by atoms with Gasteiger partial charge in [-0.05, 0) is 40.1 Å².